The molecule has 25 heavy (non-hydrogen) atoms. The molecule has 0 saturated carbocycles. The van der Waals surface area contributed by atoms with Crippen LogP contribution in [0.5, 0.6) is 5.75 Å². The van der Waals surface area contributed by atoms with Crippen molar-refractivity contribution in [3.05, 3.63) is 36.2 Å². The van der Waals surface area contributed by atoms with Crippen LogP contribution in [0.3, 0.4) is 0 Å². The molecule has 1 N–H and O–H groups in total. The highest BCUT2D eigenvalue weighted by molar-refractivity contribution is 5.36. The number of hydrogen-bond donors (Lipinski definition) is 1. The van der Waals surface area contributed by atoms with E-state index >= 15 is 0 Å². The Bertz CT molecular complexity index is 399. The first-order valence-corrected chi connectivity index (χ1v) is 11.0. The first-order chi connectivity index (χ1) is 12.3. The van der Waals surface area contributed by atoms with Gasteiger partial charge in [-0.25, -0.2) is 0 Å². The minimum absolute atomic E-state index is 0.406. The molecule has 0 aliphatic heterocycles. The normalized spacial score (nSPS) is 11.1. The Kier molecular flexibility index (Phi) is 14.5. The molecule has 0 amide bonds. The van der Waals surface area contributed by atoms with Gasteiger partial charge in [-0.2, -0.15) is 0 Å². The lowest BCUT2D eigenvalue weighted by Crippen LogP contribution is -1.85. The van der Waals surface area contributed by atoms with Gasteiger partial charge in [0, 0.05) is 0 Å². The minimum atomic E-state index is 0.406. The first kappa shape index (κ1) is 22.1. The van der Waals surface area contributed by atoms with Gasteiger partial charge in [0.15, 0.2) is 0 Å². The van der Waals surface area contributed by atoms with Gasteiger partial charge in [-0.3, -0.25) is 0 Å². The molecule has 0 bridgehead atoms. The molecule has 0 fully saturated rings. The highest BCUT2D eigenvalue weighted by atomic mass is 16.3. The lowest BCUT2D eigenvalue weighted by molar-refractivity contribution is 0.471. The van der Waals surface area contributed by atoms with Gasteiger partial charge in [-0.05, 0) is 24.5 Å². The zero-order valence-electron chi connectivity index (χ0n) is 16.6. The van der Waals surface area contributed by atoms with Crippen molar-refractivity contribution in [2.75, 3.05) is 0 Å². The van der Waals surface area contributed by atoms with Crippen LogP contribution in [-0.2, 0) is 0 Å². The quantitative estimate of drug-likeness (QED) is 0.282. The molecule has 0 spiro atoms. The zero-order valence-corrected chi connectivity index (χ0v) is 16.6. The lowest BCUT2D eigenvalue weighted by Gasteiger charge is -2.05. The second-order valence-electron chi connectivity index (χ2n) is 7.50. The summed E-state index contributed by atoms with van der Waals surface area (Å²) in [5.41, 5.74) is 0.980. The second-order valence-corrected chi connectivity index (χ2v) is 7.50. The van der Waals surface area contributed by atoms with E-state index in [-0.39, 0.29) is 0 Å². The average molecular weight is 346 g/mol. The summed E-state index contributed by atoms with van der Waals surface area (Å²) < 4.78 is 0. The molecular formula is C24H41O. The van der Waals surface area contributed by atoms with E-state index in [1.807, 2.05) is 18.2 Å². The van der Waals surface area contributed by atoms with Crippen molar-refractivity contribution in [2.45, 2.75) is 110 Å². The fourth-order valence-electron chi connectivity index (χ4n) is 3.43. The van der Waals surface area contributed by atoms with Gasteiger partial charge >= 0.3 is 0 Å². The van der Waals surface area contributed by atoms with Crippen molar-refractivity contribution >= 4 is 0 Å². The predicted octanol–water partition coefficient (Wildman–Crippen LogP) is 8.21. The van der Waals surface area contributed by atoms with Crippen LogP contribution >= 0.6 is 0 Å². The van der Waals surface area contributed by atoms with Crippen LogP contribution in [-0.4, -0.2) is 5.11 Å². The number of phenolic OH excluding ortho intramolecular Hbond substituents is 1. The molecule has 0 aliphatic carbocycles. The van der Waals surface area contributed by atoms with Gasteiger partial charge in [0.25, 0.3) is 0 Å². The summed E-state index contributed by atoms with van der Waals surface area (Å²) >= 11 is 0. The maximum Gasteiger partial charge on any atom is 0.119 e. The largest absolute Gasteiger partial charge is 0.508 e. The molecule has 0 heterocycles. The van der Waals surface area contributed by atoms with Crippen LogP contribution in [0.15, 0.2) is 24.3 Å². The third-order valence-corrected chi connectivity index (χ3v) is 5.11. The average Bonchev–Trinajstić information content (AvgIpc) is 2.63. The van der Waals surface area contributed by atoms with Crippen molar-refractivity contribution in [1.29, 1.82) is 0 Å². The molecule has 1 nitrogen and oxygen atoms in total. The topological polar surface area (TPSA) is 20.2 Å². The number of hydrogen-bond acceptors (Lipinski definition) is 1. The van der Waals surface area contributed by atoms with Crippen LogP contribution in [0, 0.1) is 6.42 Å². The van der Waals surface area contributed by atoms with Crippen molar-refractivity contribution in [1.82, 2.24) is 0 Å². The maximum atomic E-state index is 9.70. The van der Waals surface area contributed by atoms with Crippen LogP contribution in [0.1, 0.15) is 115 Å². The molecule has 0 atom stereocenters. The number of aromatic hydroxyl groups is 1. The molecule has 1 rings (SSSR count). The Hall–Kier alpha value is -0.980. The fourth-order valence-corrected chi connectivity index (χ4v) is 3.43. The Morgan fingerprint density at radius 2 is 1.08 bits per heavy atom. The van der Waals surface area contributed by atoms with Gasteiger partial charge in [-0.15, -0.1) is 0 Å². The highest BCUT2D eigenvalue weighted by Gasteiger charge is 1.99. The summed E-state index contributed by atoms with van der Waals surface area (Å²) in [7, 11) is 0. The highest BCUT2D eigenvalue weighted by Crippen LogP contribution is 2.20. The van der Waals surface area contributed by atoms with Gasteiger partial charge < -0.3 is 5.11 Å². The summed E-state index contributed by atoms with van der Waals surface area (Å²) in [5, 5.41) is 9.70. The van der Waals surface area contributed by atoms with Crippen molar-refractivity contribution < 1.29 is 5.11 Å². The van der Waals surface area contributed by atoms with Gasteiger partial charge in [0.05, 0.1) is 0 Å². The van der Waals surface area contributed by atoms with E-state index in [2.05, 4.69) is 13.3 Å². The lowest BCUT2D eigenvalue weighted by atomic mass is 10.0. The molecule has 0 aliphatic rings. The maximum absolute atomic E-state index is 9.70. The molecule has 0 aromatic heterocycles. The molecule has 143 valence electrons. The van der Waals surface area contributed by atoms with Crippen molar-refractivity contribution in [3.8, 4) is 5.75 Å². The third-order valence-electron chi connectivity index (χ3n) is 5.11. The Morgan fingerprint density at radius 3 is 1.56 bits per heavy atom. The van der Waals surface area contributed by atoms with E-state index in [4.69, 9.17) is 0 Å². The number of rotatable bonds is 17. The molecule has 0 saturated heterocycles. The van der Waals surface area contributed by atoms with Gasteiger partial charge in [0.1, 0.15) is 5.75 Å². The third kappa shape index (κ3) is 13.0. The predicted molar refractivity (Wildman–Crippen MR) is 111 cm³/mol. The van der Waals surface area contributed by atoms with Crippen molar-refractivity contribution in [3.63, 3.8) is 0 Å². The molecule has 1 radical (unpaired) electrons. The molecule has 1 aromatic rings. The van der Waals surface area contributed by atoms with Crippen molar-refractivity contribution in [2.24, 2.45) is 0 Å². The van der Waals surface area contributed by atoms with Crippen LogP contribution < -0.4 is 0 Å². The number of phenols is 1. The van der Waals surface area contributed by atoms with E-state index in [9.17, 15) is 5.11 Å². The molecular weight excluding hydrogens is 304 g/mol. The van der Waals surface area contributed by atoms with E-state index < -0.39 is 0 Å². The zero-order chi connectivity index (χ0) is 18.0. The molecule has 1 heteroatoms. The standard InChI is InChI=1S/C24H41O/c1-2-3-4-5-6-7-8-9-10-11-12-13-14-15-16-17-20-23-21-18-19-22-24(23)25/h18-22,25H,2-17H2,1H3. The summed E-state index contributed by atoms with van der Waals surface area (Å²) in [6.07, 6.45) is 24.3. The van der Waals surface area contributed by atoms with Gasteiger partial charge in [-0.1, -0.05) is 121 Å². The molecule has 1 aromatic carbocycles. The van der Waals surface area contributed by atoms with E-state index in [0.717, 1.165) is 12.0 Å². The minimum Gasteiger partial charge on any atom is -0.508 e. The first-order valence-electron chi connectivity index (χ1n) is 11.0. The summed E-state index contributed by atoms with van der Waals surface area (Å²) in [6, 6.07) is 7.61. The summed E-state index contributed by atoms with van der Waals surface area (Å²) in [4.78, 5) is 0. The van der Waals surface area contributed by atoms with Crippen LogP contribution in [0.2, 0.25) is 0 Å². The number of unbranched alkanes of at least 4 members (excludes halogenated alkanes) is 15. The molecule has 0 unspecified atom stereocenters. The second kappa shape index (κ2) is 16.5. The van der Waals surface area contributed by atoms with E-state index in [1.54, 1.807) is 6.07 Å². The summed E-state index contributed by atoms with van der Waals surface area (Å²) in [6.45, 7) is 2.29. The van der Waals surface area contributed by atoms with Crippen LogP contribution in [0.25, 0.3) is 0 Å². The van der Waals surface area contributed by atoms with E-state index in [1.165, 1.54) is 96.3 Å². The summed E-state index contributed by atoms with van der Waals surface area (Å²) in [5.74, 6) is 0.406. The SMILES string of the molecule is CCCCCCCCCCCCCCCCC[CH]c1ccccc1O. The smallest absolute Gasteiger partial charge is 0.119 e. The van der Waals surface area contributed by atoms with E-state index in [0.29, 0.717) is 5.75 Å². The Balaban J connectivity index is 1.75. The monoisotopic (exact) mass is 345 g/mol. The number of para-hydroxylation sites is 1. The Morgan fingerprint density at radius 1 is 0.640 bits per heavy atom. The Labute approximate surface area is 157 Å². The van der Waals surface area contributed by atoms with Gasteiger partial charge in [0.2, 0.25) is 0 Å². The van der Waals surface area contributed by atoms with Crippen LogP contribution in [0.4, 0.5) is 0 Å². The number of benzene rings is 1. The fraction of sp³-hybridized carbons (Fsp3) is 0.708.